The van der Waals surface area contributed by atoms with E-state index in [1.54, 1.807) is 12.1 Å². The van der Waals surface area contributed by atoms with Gasteiger partial charge in [0, 0.05) is 68.5 Å². The molecule has 172 valence electrons. The zero-order valence-corrected chi connectivity index (χ0v) is 18.8. The van der Waals surface area contributed by atoms with Crippen molar-refractivity contribution < 1.29 is 19.7 Å². The number of phenols is 1. The van der Waals surface area contributed by atoms with Crippen molar-refractivity contribution >= 4 is 22.8 Å². The summed E-state index contributed by atoms with van der Waals surface area (Å²) in [6.07, 6.45) is 3.85. The molecule has 7 nitrogen and oxygen atoms in total. The van der Waals surface area contributed by atoms with Gasteiger partial charge in [0.05, 0.1) is 17.7 Å². The second-order valence-corrected chi connectivity index (χ2v) is 8.61. The van der Waals surface area contributed by atoms with E-state index in [0.717, 1.165) is 49.2 Å². The molecule has 2 N–H and O–H groups in total. The number of carbonyl (C=O) groups excluding carboxylic acids is 1. The second-order valence-electron chi connectivity index (χ2n) is 8.61. The summed E-state index contributed by atoms with van der Waals surface area (Å²) in [5.74, 6) is 0.724. The van der Waals surface area contributed by atoms with E-state index in [1.165, 1.54) is 0 Å². The van der Waals surface area contributed by atoms with Gasteiger partial charge in [-0.1, -0.05) is 18.2 Å². The van der Waals surface area contributed by atoms with Gasteiger partial charge in [0.2, 0.25) is 5.78 Å². The summed E-state index contributed by atoms with van der Waals surface area (Å²) < 4.78 is 8.26. The molecule has 0 spiro atoms. The number of Topliss-reactive ketones (excluding diaryl/α,β-unsaturated/α-hetero) is 1. The Labute approximate surface area is 193 Å². The highest BCUT2D eigenvalue weighted by atomic mass is 16.5. The number of aliphatic hydroxyl groups excluding tert-OH is 1. The van der Waals surface area contributed by atoms with Crippen LogP contribution in [0.25, 0.3) is 17.0 Å². The van der Waals surface area contributed by atoms with Crippen molar-refractivity contribution in [1.29, 1.82) is 0 Å². The number of aromatic hydroxyl groups is 1. The first-order valence-electron chi connectivity index (χ1n) is 11.5. The van der Waals surface area contributed by atoms with Gasteiger partial charge in [0.25, 0.3) is 0 Å². The van der Waals surface area contributed by atoms with E-state index < -0.39 is 0 Å². The number of β-amino-alcohol motifs (C(OH)–C–C–N with tert-alkyl or cyclic N) is 1. The number of hydrogen-bond acceptors (Lipinski definition) is 6. The molecule has 3 heterocycles. The third-order valence-corrected chi connectivity index (χ3v) is 6.63. The van der Waals surface area contributed by atoms with Crippen LogP contribution in [0.5, 0.6) is 11.5 Å². The molecule has 2 aliphatic rings. The fourth-order valence-electron chi connectivity index (χ4n) is 4.78. The second kappa shape index (κ2) is 9.02. The third kappa shape index (κ3) is 4.04. The summed E-state index contributed by atoms with van der Waals surface area (Å²) in [4.78, 5) is 17.6. The first-order valence-corrected chi connectivity index (χ1v) is 11.5. The lowest BCUT2D eigenvalue weighted by Crippen LogP contribution is -2.46. The summed E-state index contributed by atoms with van der Waals surface area (Å²) in [7, 11) is 0. The number of phenolic OH excluding ortho intramolecular Hbond substituents is 1. The van der Waals surface area contributed by atoms with Gasteiger partial charge in [-0.3, -0.25) is 14.6 Å². The van der Waals surface area contributed by atoms with Crippen molar-refractivity contribution in [2.24, 2.45) is 0 Å². The molecular formula is C26H29N3O4. The van der Waals surface area contributed by atoms with Crippen molar-refractivity contribution in [2.45, 2.75) is 20.0 Å². The highest BCUT2D eigenvalue weighted by molar-refractivity contribution is 6.15. The Balaban J connectivity index is 1.42. The molecule has 0 saturated carbocycles. The molecule has 33 heavy (non-hydrogen) atoms. The van der Waals surface area contributed by atoms with Crippen molar-refractivity contribution in [3.05, 3.63) is 65.0 Å². The molecule has 0 aliphatic carbocycles. The predicted molar refractivity (Wildman–Crippen MR) is 127 cm³/mol. The molecular weight excluding hydrogens is 418 g/mol. The number of ether oxygens (including phenoxy) is 1. The number of para-hydroxylation sites is 1. The van der Waals surface area contributed by atoms with Crippen molar-refractivity contribution in [1.82, 2.24) is 14.4 Å². The van der Waals surface area contributed by atoms with Gasteiger partial charge < -0.3 is 19.5 Å². The van der Waals surface area contributed by atoms with Crippen LogP contribution in [0.15, 0.2) is 48.4 Å². The average molecular weight is 448 g/mol. The Morgan fingerprint density at radius 1 is 1.06 bits per heavy atom. The zero-order chi connectivity index (χ0) is 22.9. The van der Waals surface area contributed by atoms with Gasteiger partial charge >= 0.3 is 0 Å². The lowest BCUT2D eigenvalue weighted by molar-refractivity contribution is 0.101. The minimum Gasteiger partial charge on any atom is -0.507 e. The number of nitrogens with zero attached hydrogens (tertiary/aromatic N) is 3. The van der Waals surface area contributed by atoms with Crippen molar-refractivity contribution in [3.8, 4) is 11.5 Å². The minimum absolute atomic E-state index is 0.142. The molecule has 2 aliphatic heterocycles. The minimum atomic E-state index is -0.160. The topological polar surface area (TPSA) is 78.2 Å². The average Bonchev–Trinajstić information content (AvgIpc) is 3.35. The first kappa shape index (κ1) is 21.7. The van der Waals surface area contributed by atoms with Crippen LogP contribution in [-0.2, 0) is 13.1 Å². The number of hydrogen-bond donors (Lipinski definition) is 2. The summed E-state index contributed by atoms with van der Waals surface area (Å²) in [6, 6.07) is 11.4. The van der Waals surface area contributed by atoms with E-state index in [2.05, 4.69) is 27.4 Å². The molecule has 0 bridgehead atoms. The van der Waals surface area contributed by atoms with Crippen LogP contribution in [0.2, 0.25) is 0 Å². The number of allylic oxidation sites excluding steroid dienone is 1. The quantitative estimate of drug-likeness (QED) is 0.566. The molecule has 0 atom stereocenters. The summed E-state index contributed by atoms with van der Waals surface area (Å²) in [5.41, 5.74) is 3.20. The van der Waals surface area contributed by atoms with Gasteiger partial charge in [-0.15, -0.1) is 0 Å². The molecule has 1 saturated heterocycles. The van der Waals surface area contributed by atoms with E-state index in [-0.39, 0.29) is 23.9 Å². The number of carbonyl (C=O) groups is 1. The van der Waals surface area contributed by atoms with Crippen LogP contribution in [0, 0.1) is 0 Å². The van der Waals surface area contributed by atoms with E-state index in [1.807, 2.05) is 30.5 Å². The van der Waals surface area contributed by atoms with Crippen LogP contribution in [0.1, 0.15) is 28.4 Å². The maximum atomic E-state index is 13.2. The number of aryl methyl sites for hydroxylation is 1. The fourth-order valence-corrected chi connectivity index (χ4v) is 4.78. The third-order valence-electron chi connectivity index (χ3n) is 6.63. The van der Waals surface area contributed by atoms with Gasteiger partial charge in [0.15, 0.2) is 5.76 Å². The highest BCUT2D eigenvalue weighted by Gasteiger charge is 2.32. The Morgan fingerprint density at radius 2 is 1.82 bits per heavy atom. The van der Waals surface area contributed by atoms with E-state index in [4.69, 9.17) is 9.84 Å². The normalized spacial score (nSPS) is 18.2. The van der Waals surface area contributed by atoms with E-state index >= 15 is 0 Å². The molecule has 7 heteroatoms. The standard InChI is InChI=1S/C26H29N3O4/c1-2-29-16-18(19-5-3-4-6-22(19)29)15-24-25(32)20-7-8-23(31)21(26(20)33-24)17-28-11-9-27(10-12-28)13-14-30/h3-8,15-16,30-31H,2,9-14,17H2,1H3/b24-15-. The Bertz CT molecular complexity index is 1220. The van der Waals surface area contributed by atoms with Gasteiger partial charge in [-0.25, -0.2) is 0 Å². The molecule has 0 radical (unpaired) electrons. The molecule has 1 fully saturated rings. The first-order chi connectivity index (χ1) is 16.1. The molecule has 1 aromatic heterocycles. The van der Waals surface area contributed by atoms with Gasteiger partial charge in [-0.05, 0) is 31.2 Å². The largest absolute Gasteiger partial charge is 0.507 e. The van der Waals surface area contributed by atoms with Crippen LogP contribution < -0.4 is 4.74 Å². The molecule has 2 aromatic carbocycles. The predicted octanol–water partition coefficient (Wildman–Crippen LogP) is 3.09. The lowest BCUT2D eigenvalue weighted by Gasteiger charge is -2.34. The van der Waals surface area contributed by atoms with E-state index in [0.29, 0.717) is 30.0 Å². The number of benzene rings is 2. The monoisotopic (exact) mass is 447 g/mol. The van der Waals surface area contributed by atoms with Crippen LogP contribution in [0.3, 0.4) is 0 Å². The molecule has 5 rings (SSSR count). The van der Waals surface area contributed by atoms with Crippen molar-refractivity contribution in [2.75, 3.05) is 39.3 Å². The smallest absolute Gasteiger partial charge is 0.231 e. The van der Waals surface area contributed by atoms with E-state index in [9.17, 15) is 9.90 Å². The number of rotatable bonds is 6. The summed E-state index contributed by atoms with van der Waals surface area (Å²) >= 11 is 0. The van der Waals surface area contributed by atoms with Crippen LogP contribution in [-0.4, -0.2) is 69.7 Å². The molecule has 3 aromatic rings. The Hall–Kier alpha value is -3.13. The number of ketones is 1. The summed E-state index contributed by atoms with van der Waals surface area (Å²) in [6.45, 7) is 7.67. The zero-order valence-electron chi connectivity index (χ0n) is 18.8. The lowest BCUT2D eigenvalue weighted by atomic mass is 10.0. The molecule has 0 amide bonds. The van der Waals surface area contributed by atoms with Gasteiger partial charge in [0.1, 0.15) is 11.5 Å². The maximum Gasteiger partial charge on any atom is 0.231 e. The Kier molecular flexibility index (Phi) is 5.93. The fraction of sp³-hybridized carbons (Fsp3) is 0.346. The number of aliphatic hydroxyl groups is 1. The Morgan fingerprint density at radius 3 is 2.58 bits per heavy atom. The van der Waals surface area contributed by atoms with Crippen molar-refractivity contribution in [3.63, 3.8) is 0 Å². The maximum absolute atomic E-state index is 13.2. The molecule has 0 unspecified atom stereocenters. The summed E-state index contributed by atoms with van der Waals surface area (Å²) in [5, 5.41) is 20.8. The highest BCUT2D eigenvalue weighted by Crippen LogP contribution is 2.40. The number of fused-ring (bicyclic) bond motifs is 2. The van der Waals surface area contributed by atoms with Crippen LogP contribution in [0.4, 0.5) is 0 Å². The van der Waals surface area contributed by atoms with Gasteiger partial charge in [-0.2, -0.15) is 0 Å². The number of aromatic nitrogens is 1. The number of piperazine rings is 1. The van der Waals surface area contributed by atoms with Crippen LogP contribution >= 0.6 is 0 Å². The SMILES string of the molecule is CCn1cc(/C=C2\Oc3c(ccc(O)c3CN3CCN(CCO)CC3)C2=O)c2ccccc21.